The van der Waals surface area contributed by atoms with Crippen LogP contribution in [-0.4, -0.2) is 11.5 Å². The van der Waals surface area contributed by atoms with Crippen LogP contribution < -0.4 is 4.74 Å². The number of aromatic nitrogens is 1. The summed E-state index contributed by atoms with van der Waals surface area (Å²) in [6, 6.07) is 8.13. The fourth-order valence-electron chi connectivity index (χ4n) is 1.65. The zero-order valence-electron chi connectivity index (χ0n) is 10.0. The van der Waals surface area contributed by atoms with Crippen molar-refractivity contribution >= 4 is 23.1 Å². The third kappa shape index (κ3) is 2.61. The predicted molar refractivity (Wildman–Crippen MR) is 73.2 cm³/mol. The molecule has 17 heavy (non-hydrogen) atoms. The number of ether oxygens (including phenoxy) is 1. The van der Waals surface area contributed by atoms with Crippen LogP contribution >= 0.6 is 23.1 Å². The number of nitrogens with zero attached hydrogens (tertiary/aromatic N) is 1. The average Bonchev–Trinajstić information content (AvgIpc) is 2.74. The third-order valence-electron chi connectivity index (χ3n) is 2.64. The zero-order chi connectivity index (χ0) is 12.4. The van der Waals surface area contributed by atoms with Gasteiger partial charge in [-0.2, -0.15) is 4.37 Å². The summed E-state index contributed by atoms with van der Waals surface area (Å²) in [6.45, 7) is 4.33. The van der Waals surface area contributed by atoms with E-state index in [1.807, 2.05) is 6.07 Å². The lowest BCUT2D eigenvalue weighted by Crippen LogP contribution is -1.92. The van der Waals surface area contributed by atoms with Crippen molar-refractivity contribution in [1.82, 2.24) is 4.37 Å². The molecular formula is C13H14ClNOS. The maximum atomic E-state index is 5.85. The van der Waals surface area contributed by atoms with E-state index in [0.29, 0.717) is 11.1 Å². The first-order valence-corrected chi connectivity index (χ1v) is 6.57. The topological polar surface area (TPSA) is 22.1 Å². The molecule has 0 atom stereocenters. The lowest BCUT2D eigenvalue weighted by molar-refractivity contribution is 0.416. The average molecular weight is 268 g/mol. The second-order valence-electron chi connectivity index (χ2n) is 4.13. The lowest BCUT2D eigenvalue weighted by atomic mass is 10.0. The molecule has 1 aromatic carbocycles. The van der Waals surface area contributed by atoms with Gasteiger partial charge >= 0.3 is 0 Å². The van der Waals surface area contributed by atoms with Gasteiger partial charge in [-0.15, -0.1) is 0 Å². The highest BCUT2D eigenvalue weighted by Gasteiger charge is 2.11. The number of rotatable bonds is 3. The van der Waals surface area contributed by atoms with Crippen LogP contribution in [-0.2, 0) is 0 Å². The second-order valence-corrected chi connectivity index (χ2v) is 5.32. The normalized spacial score (nSPS) is 10.9. The van der Waals surface area contributed by atoms with Gasteiger partial charge in [-0.3, -0.25) is 0 Å². The number of hydrogen-bond acceptors (Lipinski definition) is 3. The van der Waals surface area contributed by atoms with Gasteiger partial charge in [-0.25, -0.2) is 0 Å². The van der Waals surface area contributed by atoms with Gasteiger partial charge < -0.3 is 4.74 Å². The van der Waals surface area contributed by atoms with Crippen LogP contribution in [0.4, 0.5) is 0 Å². The van der Waals surface area contributed by atoms with Crippen molar-refractivity contribution in [3.05, 3.63) is 35.0 Å². The maximum Gasteiger partial charge on any atom is 0.143 e. The van der Waals surface area contributed by atoms with Crippen LogP contribution in [0.3, 0.4) is 0 Å². The zero-order valence-corrected chi connectivity index (χ0v) is 11.6. The van der Waals surface area contributed by atoms with Gasteiger partial charge in [0, 0.05) is 5.56 Å². The number of hydrogen-bond donors (Lipinski definition) is 0. The molecule has 0 unspecified atom stereocenters. The molecule has 0 fully saturated rings. The highest BCUT2D eigenvalue weighted by atomic mass is 35.5. The predicted octanol–water partition coefficient (Wildman–Crippen LogP) is 4.60. The van der Waals surface area contributed by atoms with E-state index < -0.39 is 0 Å². The van der Waals surface area contributed by atoms with Gasteiger partial charge in [0.05, 0.1) is 12.0 Å². The fourth-order valence-corrected chi connectivity index (χ4v) is 2.60. The van der Waals surface area contributed by atoms with Crippen molar-refractivity contribution in [2.45, 2.75) is 19.8 Å². The molecule has 0 aliphatic heterocycles. The van der Waals surface area contributed by atoms with E-state index in [2.05, 4.69) is 36.4 Å². The van der Waals surface area contributed by atoms with E-state index >= 15 is 0 Å². The van der Waals surface area contributed by atoms with Gasteiger partial charge in [-0.05, 0) is 41.2 Å². The summed E-state index contributed by atoms with van der Waals surface area (Å²) in [5.41, 5.74) is 2.31. The minimum atomic E-state index is 0.489. The summed E-state index contributed by atoms with van der Waals surface area (Å²) in [6.07, 6.45) is 0. The Morgan fingerprint density at radius 3 is 2.59 bits per heavy atom. The molecule has 1 aromatic heterocycles. The molecule has 4 heteroatoms. The van der Waals surface area contributed by atoms with Crippen molar-refractivity contribution in [1.29, 1.82) is 0 Å². The highest BCUT2D eigenvalue weighted by Crippen LogP contribution is 2.36. The lowest BCUT2D eigenvalue weighted by Gasteiger charge is -2.11. The Bertz CT molecular complexity index is 522. The molecule has 0 aliphatic rings. The Hall–Kier alpha value is -1.06. The minimum absolute atomic E-state index is 0.489. The van der Waals surface area contributed by atoms with Crippen LogP contribution in [0.1, 0.15) is 25.3 Å². The van der Waals surface area contributed by atoms with Gasteiger partial charge in [0.15, 0.2) is 0 Å². The Labute approximate surface area is 110 Å². The molecule has 0 amide bonds. The molecule has 0 spiro atoms. The van der Waals surface area contributed by atoms with Crippen LogP contribution in [0.2, 0.25) is 5.15 Å². The SMILES string of the molecule is COc1cc(C(C)C)ccc1-c1cc(Cl)ns1. The quantitative estimate of drug-likeness (QED) is 0.811. The van der Waals surface area contributed by atoms with Crippen LogP contribution in [0, 0.1) is 0 Å². The fraction of sp³-hybridized carbons (Fsp3) is 0.308. The van der Waals surface area contributed by atoms with Crippen molar-refractivity contribution in [3.63, 3.8) is 0 Å². The number of halogens is 1. The monoisotopic (exact) mass is 267 g/mol. The first-order valence-electron chi connectivity index (χ1n) is 5.42. The van der Waals surface area contributed by atoms with E-state index in [0.717, 1.165) is 16.2 Å². The Balaban J connectivity index is 2.48. The van der Waals surface area contributed by atoms with Gasteiger partial charge in [0.25, 0.3) is 0 Å². The molecule has 0 N–H and O–H groups in total. The molecule has 2 rings (SSSR count). The summed E-state index contributed by atoms with van der Waals surface area (Å²) in [5, 5.41) is 0.528. The third-order valence-corrected chi connectivity index (χ3v) is 3.76. The van der Waals surface area contributed by atoms with E-state index in [9.17, 15) is 0 Å². The summed E-state index contributed by atoms with van der Waals surface area (Å²) in [5.74, 6) is 1.36. The second kappa shape index (κ2) is 5.07. The van der Waals surface area contributed by atoms with E-state index in [-0.39, 0.29) is 0 Å². The summed E-state index contributed by atoms with van der Waals surface area (Å²) in [7, 11) is 1.69. The van der Waals surface area contributed by atoms with Crippen LogP contribution in [0.5, 0.6) is 5.75 Å². The molecule has 0 aliphatic carbocycles. The Morgan fingerprint density at radius 2 is 2.06 bits per heavy atom. The highest BCUT2D eigenvalue weighted by molar-refractivity contribution is 7.10. The van der Waals surface area contributed by atoms with Crippen molar-refractivity contribution in [3.8, 4) is 16.2 Å². The number of methoxy groups -OCH3 is 1. The van der Waals surface area contributed by atoms with E-state index in [1.54, 1.807) is 7.11 Å². The summed E-state index contributed by atoms with van der Waals surface area (Å²) in [4.78, 5) is 1.03. The molecular weight excluding hydrogens is 254 g/mol. The maximum absolute atomic E-state index is 5.85. The van der Waals surface area contributed by atoms with Crippen molar-refractivity contribution in [2.75, 3.05) is 7.11 Å². The molecule has 0 saturated carbocycles. The number of benzene rings is 1. The summed E-state index contributed by atoms with van der Waals surface area (Å²) >= 11 is 7.23. The Morgan fingerprint density at radius 1 is 1.29 bits per heavy atom. The van der Waals surface area contributed by atoms with Crippen LogP contribution in [0.15, 0.2) is 24.3 Å². The molecule has 2 nitrogen and oxygen atoms in total. The molecule has 90 valence electrons. The largest absolute Gasteiger partial charge is 0.496 e. The van der Waals surface area contributed by atoms with E-state index in [4.69, 9.17) is 16.3 Å². The molecule has 0 saturated heterocycles. The minimum Gasteiger partial charge on any atom is -0.496 e. The first kappa shape index (κ1) is 12.4. The first-order chi connectivity index (χ1) is 8.11. The molecule has 1 heterocycles. The molecule has 0 radical (unpaired) electrons. The summed E-state index contributed by atoms with van der Waals surface area (Å²) < 4.78 is 9.51. The Kier molecular flexibility index (Phi) is 3.69. The van der Waals surface area contributed by atoms with Crippen molar-refractivity contribution < 1.29 is 4.74 Å². The van der Waals surface area contributed by atoms with Gasteiger partial charge in [-0.1, -0.05) is 31.5 Å². The smallest absolute Gasteiger partial charge is 0.143 e. The van der Waals surface area contributed by atoms with Crippen molar-refractivity contribution in [2.24, 2.45) is 0 Å². The molecule has 2 aromatic rings. The van der Waals surface area contributed by atoms with E-state index in [1.165, 1.54) is 17.1 Å². The van der Waals surface area contributed by atoms with Gasteiger partial charge in [0.2, 0.25) is 0 Å². The van der Waals surface area contributed by atoms with Crippen LogP contribution in [0.25, 0.3) is 10.4 Å². The van der Waals surface area contributed by atoms with Gasteiger partial charge in [0.1, 0.15) is 10.9 Å². The standard InChI is InChI=1S/C13H14ClNOS/c1-8(2)9-4-5-10(11(6-9)16-3)12-7-13(14)15-17-12/h4-8H,1-3H3. The molecule has 0 bridgehead atoms.